The van der Waals surface area contributed by atoms with Crippen LogP contribution in [0.1, 0.15) is 18.9 Å². The summed E-state index contributed by atoms with van der Waals surface area (Å²) in [5, 5.41) is 8.18. The van der Waals surface area contributed by atoms with Crippen LogP contribution in [0.4, 0.5) is 10.1 Å². The van der Waals surface area contributed by atoms with Gasteiger partial charge in [0.15, 0.2) is 0 Å². The third kappa shape index (κ3) is 4.42. The summed E-state index contributed by atoms with van der Waals surface area (Å²) in [4.78, 5) is 13.6. The Morgan fingerprint density at radius 3 is 2.90 bits per heavy atom. The second-order valence-electron chi connectivity index (χ2n) is 4.64. The van der Waals surface area contributed by atoms with E-state index in [4.69, 9.17) is 0 Å². The van der Waals surface area contributed by atoms with E-state index in [-0.39, 0.29) is 17.4 Å². The Morgan fingerprint density at radius 2 is 2.15 bits per heavy atom. The van der Waals surface area contributed by atoms with E-state index < -0.39 is 0 Å². The second-order valence-corrected chi connectivity index (χ2v) is 4.64. The molecule has 0 amide bonds. The number of nitrogens with one attached hydrogen (secondary N) is 1. The molecule has 20 heavy (non-hydrogen) atoms. The average Bonchev–Trinajstić information content (AvgIpc) is 2.43. The molecule has 1 aromatic heterocycles. The third-order valence-corrected chi connectivity index (χ3v) is 2.87. The highest BCUT2D eigenvalue weighted by molar-refractivity contribution is 5.32. The molecule has 0 aliphatic rings. The van der Waals surface area contributed by atoms with Crippen LogP contribution in [-0.4, -0.2) is 11.0 Å². The predicted octanol–water partition coefficient (Wildman–Crippen LogP) is 3.62. The average molecular weight is 273 g/mol. The fraction of sp³-hybridized carbons (Fsp3) is 0.267. The van der Waals surface area contributed by atoms with E-state index in [0.29, 0.717) is 5.69 Å². The fourth-order valence-electron chi connectivity index (χ4n) is 1.79. The Hall–Kier alpha value is -2.30. The first-order chi connectivity index (χ1) is 9.63. The smallest absolute Gasteiger partial charge is 0.250 e. The van der Waals surface area contributed by atoms with Gasteiger partial charge in [0.25, 0.3) is 0 Å². The molecular weight excluding hydrogens is 257 g/mol. The van der Waals surface area contributed by atoms with Gasteiger partial charge in [-0.05, 0) is 43.5 Å². The van der Waals surface area contributed by atoms with Gasteiger partial charge in [0, 0.05) is 12.3 Å². The number of halogens is 1. The van der Waals surface area contributed by atoms with Crippen molar-refractivity contribution in [1.82, 2.24) is 4.98 Å². The number of H-pyrrole nitrogens is 1. The van der Waals surface area contributed by atoms with Gasteiger partial charge in [-0.2, -0.15) is 10.2 Å². The van der Waals surface area contributed by atoms with E-state index in [2.05, 4.69) is 15.2 Å². The summed E-state index contributed by atoms with van der Waals surface area (Å²) in [6.45, 7) is 1.94. The molecule has 2 aromatic rings. The van der Waals surface area contributed by atoms with Gasteiger partial charge in [-0.25, -0.2) is 4.39 Å². The lowest BCUT2D eigenvalue weighted by Crippen LogP contribution is -2.01. The van der Waals surface area contributed by atoms with Crippen LogP contribution in [0.2, 0.25) is 0 Å². The molecule has 1 aromatic carbocycles. The topological polar surface area (TPSA) is 57.6 Å². The quantitative estimate of drug-likeness (QED) is 0.831. The first-order valence-corrected chi connectivity index (χ1v) is 6.47. The molecule has 2 rings (SSSR count). The number of aryl methyl sites for hydroxylation is 1. The van der Waals surface area contributed by atoms with Crippen LogP contribution in [-0.2, 0) is 6.42 Å². The summed E-state index contributed by atoms with van der Waals surface area (Å²) < 4.78 is 13.0. The molecular formula is C15H16FN3O. The molecule has 0 aliphatic heterocycles. The number of rotatable bonds is 5. The van der Waals surface area contributed by atoms with Crippen molar-refractivity contribution in [3.63, 3.8) is 0 Å². The Labute approximate surface area is 116 Å². The van der Waals surface area contributed by atoms with Crippen molar-refractivity contribution in [3.05, 3.63) is 64.3 Å². The van der Waals surface area contributed by atoms with Gasteiger partial charge in [0.2, 0.25) is 5.56 Å². The molecule has 0 saturated heterocycles. The molecule has 1 unspecified atom stereocenters. The largest absolute Gasteiger partial charge is 0.329 e. The van der Waals surface area contributed by atoms with E-state index in [9.17, 15) is 9.18 Å². The van der Waals surface area contributed by atoms with Crippen LogP contribution >= 0.6 is 0 Å². The van der Waals surface area contributed by atoms with E-state index in [1.54, 1.807) is 12.1 Å². The van der Waals surface area contributed by atoms with Crippen LogP contribution in [0.25, 0.3) is 0 Å². The summed E-state index contributed by atoms with van der Waals surface area (Å²) >= 11 is 0. The molecule has 1 atom stereocenters. The lowest BCUT2D eigenvalue weighted by atomic mass is 10.1. The highest BCUT2D eigenvalue weighted by Gasteiger charge is 2.02. The standard InChI is InChI=1S/C15H16FN3O/c1-11(5-6-12-3-2-4-13(16)9-12)18-19-14-7-8-17-15(20)10-14/h2-4,7-11H,5-6H2,1H3,(H,17,20). The fourth-order valence-corrected chi connectivity index (χ4v) is 1.79. The van der Waals surface area contributed by atoms with Gasteiger partial charge < -0.3 is 4.98 Å². The van der Waals surface area contributed by atoms with Crippen LogP contribution in [0.3, 0.4) is 0 Å². The zero-order chi connectivity index (χ0) is 14.4. The minimum Gasteiger partial charge on any atom is -0.329 e. The van der Waals surface area contributed by atoms with Gasteiger partial charge in [0.05, 0.1) is 11.7 Å². The van der Waals surface area contributed by atoms with Crippen molar-refractivity contribution >= 4 is 5.69 Å². The number of pyridine rings is 1. The molecule has 0 saturated carbocycles. The van der Waals surface area contributed by atoms with Crippen molar-refractivity contribution in [2.45, 2.75) is 25.8 Å². The zero-order valence-corrected chi connectivity index (χ0v) is 11.2. The lowest BCUT2D eigenvalue weighted by Gasteiger charge is -2.05. The van der Waals surface area contributed by atoms with Crippen molar-refractivity contribution in [3.8, 4) is 0 Å². The predicted molar refractivity (Wildman–Crippen MR) is 75.8 cm³/mol. The van der Waals surface area contributed by atoms with E-state index >= 15 is 0 Å². The monoisotopic (exact) mass is 273 g/mol. The summed E-state index contributed by atoms with van der Waals surface area (Å²) in [7, 11) is 0. The van der Waals surface area contributed by atoms with Crippen LogP contribution in [0, 0.1) is 5.82 Å². The van der Waals surface area contributed by atoms with Gasteiger partial charge in [-0.3, -0.25) is 4.79 Å². The first kappa shape index (κ1) is 14.1. The highest BCUT2D eigenvalue weighted by atomic mass is 19.1. The number of aromatic amines is 1. The van der Waals surface area contributed by atoms with Gasteiger partial charge in [0.1, 0.15) is 5.82 Å². The van der Waals surface area contributed by atoms with Crippen molar-refractivity contribution in [2.24, 2.45) is 10.2 Å². The Morgan fingerprint density at radius 1 is 1.30 bits per heavy atom. The van der Waals surface area contributed by atoms with Crippen LogP contribution in [0.15, 0.2) is 57.6 Å². The number of hydrogen-bond donors (Lipinski definition) is 1. The second kappa shape index (κ2) is 6.75. The SMILES string of the molecule is CC(CCc1cccc(F)c1)N=Nc1cc[nH]c(=O)c1. The van der Waals surface area contributed by atoms with Gasteiger partial charge in [-0.1, -0.05) is 12.1 Å². The molecule has 0 spiro atoms. The first-order valence-electron chi connectivity index (χ1n) is 6.47. The summed E-state index contributed by atoms with van der Waals surface area (Å²) in [5.41, 5.74) is 1.28. The molecule has 1 heterocycles. The summed E-state index contributed by atoms with van der Waals surface area (Å²) in [6, 6.07) is 9.64. The Bertz CT molecular complexity index is 651. The molecule has 0 aliphatic carbocycles. The molecule has 0 radical (unpaired) electrons. The van der Waals surface area contributed by atoms with Crippen molar-refractivity contribution < 1.29 is 4.39 Å². The van der Waals surface area contributed by atoms with Crippen LogP contribution in [0.5, 0.6) is 0 Å². The minimum atomic E-state index is -0.222. The van der Waals surface area contributed by atoms with Gasteiger partial charge in [-0.15, -0.1) is 0 Å². The summed E-state index contributed by atoms with van der Waals surface area (Å²) in [6.07, 6.45) is 3.05. The maximum atomic E-state index is 13.0. The van der Waals surface area contributed by atoms with E-state index in [1.807, 2.05) is 13.0 Å². The Balaban J connectivity index is 1.89. The summed E-state index contributed by atoms with van der Waals surface area (Å²) in [5.74, 6) is -0.222. The Kier molecular flexibility index (Phi) is 4.76. The molecule has 5 heteroatoms. The molecule has 4 nitrogen and oxygen atoms in total. The van der Waals surface area contributed by atoms with Crippen molar-refractivity contribution in [1.29, 1.82) is 0 Å². The van der Waals surface area contributed by atoms with Crippen LogP contribution < -0.4 is 5.56 Å². The number of hydrogen-bond acceptors (Lipinski definition) is 3. The molecule has 104 valence electrons. The third-order valence-electron chi connectivity index (χ3n) is 2.87. The molecule has 0 bridgehead atoms. The minimum absolute atomic E-state index is 0.0116. The van der Waals surface area contributed by atoms with E-state index in [0.717, 1.165) is 18.4 Å². The van der Waals surface area contributed by atoms with Gasteiger partial charge >= 0.3 is 0 Å². The molecule has 0 fully saturated rings. The number of aromatic nitrogens is 1. The number of azo groups is 1. The van der Waals surface area contributed by atoms with Crippen molar-refractivity contribution in [2.75, 3.05) is 0 Å². The maximum Gasteiger partial charge on any atom is 0.250 e. The normalized spacial score (nSPS) is 12.7. The van der Waals surface area contributed by atoms with E-state index in [1.165, 1.54) is 24.4 Å². The number of benzene rings is 1. The maximum absolute atomic E-state index is 13.0. The molecule has 1 N–H and O–H groups in total. The lowest BCUT2D eigenvalue weighted by molar-refractivity contribution is 0.615. The highest BCUT2D eigenvalue weighted by Crippen LogP contribution is 2.12. The zero-order valence-electron chi connectivity index (χ0n) is 11.2. The number of nitrogens with zero attached hydrogens (tertiary/aromatic N) is 2.